The van der Waals surface area contributed by atoms with Crippen molar-refractivity contribution in [1.82, 2.24) is 15.2 Å². The van der Waals surface area contributed by atoms with Gasteiger partial charge in [-0.2, -0.15) is 0 Å². The second kappa shape index (κ2) is 6.70. The van der Waals surface area contributed by atoms with Crippen molar-refractivity contribution >= 4 is 11.9 Å². The summed E-state index contributed by atoms with van der Waals surface area (Å²) >= 11 is 0. The van der Waals surface area contributed by atoms with E-state index in [9.17, 15) is 9.59 Å². The highest BCUT2D eigenvalue weighted by atomic mass is 16.4. The van der Waals surface area contributed by atoms with Gasteiger partial charge in [-0.05, 0) is 33.1 Å². The van der Waals surface area contributed by atoms with Crippen LogP contribution < -0.4 is 5.32 Å². The van der Waals surface area contributed by atoms with Crippen molar-refractivity contribution in [2.45, 2.75) is 6.42 Å². The molecule has 1 aromatic heterocycles. The van der Waals surface area contributed by atoms with Crippen LogP contribution in [0.1, 0.15) is 27.1 Å². The molecule has 0 saturated heterocycles. The minimum Gasteiger partial charge on any atom is -0.478 e. The van der Waals surface area contributed by atoms with E-state index in [1.807, 2.05) is 19.0 Å². The van der Waals surface area contributed by atoms with E-state index in [0.29, 0.717) is 6.54 Å². The predicted molar refractivity (Wildman–Crippen MR) is 66.7 cm³/mol. The lowest BCUT2D eigenvalue weighted by Gasteiger charge is -2.09. The molecule has 0 saturated carbocycles. The molecule has 0 spiro atoms. The minimum atomic E-state index is -1.09. The van der Waals surface area contributed by atoms with Gasteiger partial charge in [0.15, 0.2) is 0 Å². The Morgan fingerprint density at radius 1 is 1.33 bits per heavy atom. The molecule has 0 unspecified atom stereocenters. The van der Waals surface area contributed by atoms with Crippen LogP contribution in [-0.2, 0) is 0 Å². The van der Waals surface area contributed by atoms with E-state index in [1.54, 1.807) is 0 Å². The van der Waals surface area contributed by atoms with E-state index in [2.05, 4.69) is 10.3 Å². The van der Waals surface area contributed by atoms with Crippen LogP contribution >= 0.6 is 0 Å². The van der Waals surface area contributed by atoms with Gasteiger partial charge in [0, 0.05) is 18.9 Å². The maximum absolute atomic E-state index is 11.7. The Balaban J connectivity index is 2.51. The van der Waals surface area contributed by atoms with Crippen molar-refractivity contribution < 1.29 is 14.7 Å². The number of nitrogens with one attached hydrogen (secondary N) is 1. The third-order valence-corrected chi connectivity index (χ3v) is 2.32. The van der Waals surface area contributed by atoms with Crippen LogP contribution in [0.4, 0.5) is 0 Å². The van der Waals surface area contributed by atoms with E-state index in [-0.39, 0.29) is 17.0 Å². The summed E-state index contributed by atoms with van der Waals surface area (Å²) in [5, 5.41) is 11.5. The maximum atomic E-state index is 11.7. The first-order chi connectivity index (χ1) is 8.50. The molecule has 1 rings (SSSR count). The summed E-state index contributed by atoms with van der Waals surface area (Å²) in [7, 11) is 3.92. The molecule has 0 aliphatic rings. The van der Waals surface area contributed by atoms with Crippen LogP contribution in [0.5, 0.6) is 0 Å². The zero-order valence-electron chi connectivity index (χ0n) is 10.5. The molecule has 0 aliphatic heterocycles. The predicted octanol–water partition coefficient (Wildman–Crippen LogP) is 0.461. The lowest BCUT2D eigenvalue weighted by Crippen LogP contribution is -2.27. The van der Waals surface area contributed by atoms with Crippen molar-refractivity contribution in [3.05, 3.63) is 29.6 Å². The van der Waals surface area contributed by atoms with E-state index in [4.69, 9.17) is 5.11 Å². The fourth-order valence-electron chi connectivity index (χ4n) is 1.38. The summed E-state index contributed by atoms with van der Waals surface area (Å²) in [6.45, 7) is 1.43. The van der Waals surface area contributed by atoms with Crippen LogP contribution in [0.25, 0.3) is 0 Å². The Morgan fingerprint density at radius 2 is 2.00 bits per heavy atom. The first-order valence-electron chi connectivity index (χ1n) is 5.62. The molecule has 18 heavy (non-hydrogen) atoms. The summed E-state index contributed by atoms with van der Waals surface area (Å²) < 4.78 is 0. The van der Waals surface area contributed by atoms with Crippen LogP contribution in [0.3, 0.4) is 0 Å². The fraction of sp³-hybridized carbons (Fsp3) is 0.417. The molecule has 0 aromatic carbocycles. The van der Waals surface area contributed by atoms with Gasteiger partial charge in [-0.1, -0.05) is 0 Å². The van der Waals surface area contributed by atoms with Crippen LogP contribution in [0.15, 0.2) is 18.5 Å². The molecule has 1 aromatic rings. The molecular formula is C12H17N3O3. The number of amides is 1. The van der Waals surface area contributed by atoms with Gasteiger partial charge in [-0.25, -0.2) is 4.79 Å². The molecule has 0 fully saturated rings. The van der Waals surface area contributed by atoms with Gasteiger partial charge in [0.2, 0.25) is 0 Å². The molecule has 0 atom stereocenters. The second-order valence-corrected chi connectivity index (χ2v) is 4.18. The number of nitrogens with zero attached hydrogens (tertiary/aromatic N) is 2. The molecule has 6 nitrogen and oxygen atoms in total. The third-order valence-electron chi connectivity index (χ3n) is 2.32. The molecular weight excluding hydrogens is 234 g/mol. The number of aromatic carboxylic acids is 1. The number of hydrogen-bond acceptors (Lipinski definition) is 4. The number of carboxylic acids is 1. The summed E-state index contributed by atoms with van der Waals surface area (Å²) in [5.74, 6) is -1.39. The molecule has 0 aliphatic carbocycles. The number of carboxylic acid groups (broad SMARTS) is 1. The topological polar surface area (TPSA) is 82.5 Å². The zero-order chi connectivity index (χ0) is 13.5. The van der Waals surface area contributed by atoms with Gasteiger partial charge in [-0.3, -0.25) is 9.78 Å². The smallest absolute Gasteiger partial charge is 0.337 e. The monoisotopic (exact) mass is 251 g/mol. The van der Waals surface area contributed by atoms with Crippen molar-refractivity contribution in [1.29, 1.82) is 0 Å². The third kappa shape index (κ3) is 4.50. The Labute approximate surface area is 106 Å². The van der Waals surface area contributed by atoms with E-state index in [1.165, 1.54) is 18.5 Å². The maximum Gasteiger partial charge on any atom is 0.337 e. The number of pyridine rings is 1. The summed E-state index contributed by atoms with van der Waals surface area (Å²) in [6, 6.07) is 1.32. The van der Waals surface area contributed by atoms with E-state index in [0.717, 1.165) is 13.0 Å². The van der Waals surface area contributed by atoms with Crippen molar-refractivity contribution in [3.63, 3.8) is 0 Å². The molecule has 1 amide bonds. The Bertz CT molecular complexity index is 432. The highest BCUT2D eigenvalue weighted by molar-refractivity contribution is 5.96. The van der Waals surface area contributed by atoms with Gasteiger partial charge in [-0.15, -0.1) is 0 Å². The van der Waals surface area contributed by atoms with Crippen molar-refractivity contribution in [2.75, 3.05) is 27.2 Å². The highest BCUT2D eigenvalue weighted by Gasteiger charge is 2.09. The van der Waals surface area contributed by atoms with Gasteiger partial charge in [0.25, 0.3) is 5.91 Å². The van der Waals surface area contributed by atoms with Gasteiger partial charge < -0.3 is 15.3 Å². The van der Waals surface area contributed by atoms with Crippen LogP contribution in [-0.4, -0.2) is 54.1 Å². The minimum absolute atomic E-state index is 0.0101. The largest absolute Gasteiger partial charge is 0.478 e. The lowest BCUT2D eigenvalue weighted by molar-refractivity contribution is 0.0696. The Kier molecular flexibility index (Phi) is 5.26. The summed E-state index contributed by atoms with van der Waals surface area (Å²) in [4.78, 5) is 28.2. The van der Waals surface area contributed by atoms with Gasteiger partial charge in [0.1, 0.15) is 0 Å². The normalized spacial score (nSPS) is 10.4. The van der Waals surface area contributed by atoms with Crippen molar-refractivity contribution in [3.8, 4) is 0 Å². The van der Waals surface area contributed by atoms with Crippen LogP contribution in [0, 0.1) is 0 Å². The zero-order valence-corrected chi connectivity index (χ0v) is 10.5. The quantitative estimate of drug-likeness (QED) is 0.718. The van der Waals surface area contributed by atoms with Gasteiger partial charge >= 0.3 is 5.97 Å². The number of aromatic nitrogens is 1. The summed E-state index contributed by atoms with van der Waals surface area (Å²) in [6.07, 6.45) is 3.41. The Morgan fingerprint density at radius 3 is 2.61 bits per heavy atom. The molecule has 98 valence electrons. The molecule has 2 N–H and O–H groups in total. The molecule has 0 bridgehead atoms. The SMILES string of the molecule is CN(C)CCCNC(=O)c1cncc(C(=O)O)c1. The average molecular weight is 251 g/mol. The number of carbonyl (C=O) groups excluding carboxylic acids is 1. The molecule has 0 radical (unpaired) electrons. The standard InChI is InChI=1S/C12H17N3O3/c1-15(2)5-3-4-14-11(16)9-6-10(12(17)18)8-13-7-9/h6-8H,3-5H2,1-2H3,(H,14,16)(H,17,18). The number of carbonyl (C=O) groups is 2. The fourth-order valence-corrected chi connectivity index (χ4v) is 1.38. The van der Waals surface area contributed by atoms with Crippen LogP contribution in [0.2, 0.25) is 0 Å². The Hall–Kier alpha value is -1.95. The number of rotatable bonds is 6. The first-order valence-corrected chi connectivity index (χ1v) is 5.62. The first kappa shape index (κ1) is 14.1. The van der Waals surface area contributed by atoms with Gasteiger partial charge in [0.05, 0.1) is 11.1 Å². The lowest BCUT2D eigenvalue weighted by atomic mass is 10.2. The van der Waals surface area contributed by atoms with Crippen molar-refractivity contribution in [2.24, 2.45) is 0 Å². The van der Waals surface area contributed by atoms with E-state index >= 15 is 0 Å². The van der Waals surface area contributed by atoms with E-state index < -0.39 is 5.97 Å². The second-order valence-electron chi connectivity index (χ2n) is 4.18. The highest BCUT2D eigenvalue weighted by Crippen LogP contribution is 2.02. The number of hydrogen-bond donors (Lipinski definition) is 2. The average Bonchev–Trinajstić information content (AvgIpc) is 2.34. The molecule has 1 heterocycles. The summed E-state index contributed by atoms with van der Waals surface area (Å²) in [5.41, 5.74) is 0.274. The molecule has 6 heteroatoms.